The standard InChI is InChI=1S/C27H35F3N2O6/c1-32(2)11-10-31-25(35)26(38-17-19-7-5-9-21(13-19)36-3)14-22(33)24(34)23(15-26)37-16-18-6-4-8-20(12-18)27(28,29)30/h4-9,12-13,22-24,33-34H,10-11,14-17H2,1-3H3,(H,31,35)/t22-,23?,24-,26+/m1/s1. The minimum atomic E-state index is -4.51. The molecule has 0 aromatic heterocycles. The minimum absolute atomic E-state index is 0.0153. The van der Waals surface area contributed by atoms with Crippen LogP contribution in [0.25, 0.3) is 0 Å². The maximum absolute atomic E-state index is 13.4. The number of methoxy groups -OCH3 is 1. The van der Waals surface area contributed by atoms with Crippen molar-refractivity contribution in [1.82, 2.24) is 10.2 Å². The maximum atomic E-state index is 13.4. The molecule has 1 aliphatic carbocycles. The van der Waals surface area contributed by atoms with Gasteiger partial charge in [0, 0.05) is 25.9 Å². The molecule has 0 aliphatic heterocycles. The zero-order chi connectivity index (χ0) is 27.9. The van der Waals surface area contributed by atoms with E-state index in [1.165, 1.54) is 19.2 Å². The van der Waals surface area contributed by atoms with E-state index in [9.17, 15) is 28.2 Å². The van der Waals surface area contributed by atoms with Crippen molar-refractivity contribution in [3.05, 3.63) is 65.2 Å². The van der Waals surface area contributed by atoms with Crippen molar-refractivity contribution in [2.45, 2.75) is 56.1 Å². The summed E-state index contributed by atoms with van der Waals surface area (Å²) in [5.74, 6) is 0.137. The van der Waals surface area contributed by atoms with Gasteiger partial charge in [0.1, 0.15) is 11.9 Å². The van der Waals surface area contributed by atoms with Crippen LogP contribution in [0.3, 0.4) is 0 Å². The number of rotatable bonds is 11. The molecule has 1 saturated carbocycles. The van der Waals surface area contributed by atoms with Crippen LogP contribution in [0.4, 0.5) is 13.2 Å². The Kier molecular flexibility index (Phi) is 10.1. The largest absolute Gasteiger partial charge is 0.497 e. The monoisotopic (exact) mass is 540 g/mol. The van der Waals surface area contributed by atoms with Gasteiger partial charge in [0.25, 0.3) is 5.91 Å². The molecule has 2 aromatic rings. The molecule has 4 atom stereocenters. The van der Waals surface area contributed by atoms with Crippen LogP contribution in [0.2, 0.25) is 0 Å². The Morgan fingerprint density at radius 1 is 1.08 bits per heavy atom. The Labute approximate surface area is 220 Å². The number of nitrogens with one attached hydrogen (secondary N) is 1. The van der Waals surface area contributed by atoms with Crippen LogP contribution in [-0.4, -0.2) is 79.2 Å². The van der Waals surface area contributed by atoms with Gasteiger partial charge in [-0.15, -0.1) is 0 Å². The van der Waals surface area contributed by atoms with Crippen molar-refractivity contribution >= 4 is 5.91 Å². The van der Waals surface area contributed by atoms with E-state index < -0.39 is 41.6 Å². The lowest BCUT2D eigenvalue weighted by atomic mass is 9.78. The number of carbonyl (C=O) groups is 1. The van der Waals surface area contributed by atoms with Gasteiger partial charge in [0.2, 0.25) is 0 Å². The molecule has 210 valence electrons. The highest BCUT2D eigenvalue weighted by Gasteiger charge is 2.51. The second-order valence-corrected chi connectivity index (χ2v) is 9.71. The first-order chi connectivity index (χ1) is 17.9. The third kappa shape index (κ3) is 7.90. The Morgan fingerprint density at radius 3 is 2.42 bits per heavy atom. The van der Waals surface area contributed by atoms with Crippen LogP contribution >= 0.6 is 0 Å². The molecule has 1 fully saturated rings. The molecule has 8 nitrogen and oxygen atoms in total. The van der Waals surface area contributed by atoms with Crippen LogP contribution in [0.1, 0.15) is 29.5 Å². The Hall–Kier alpha value is -2.70. The molecular weight excluding hydrogens is 505 g/mol. The number of aliphatic hydroxyl groups excluding tert-OH is 2. The van der Waals surface area contributed by atoms with E-state index in [1.807, 2.05) is 19.0 Å². The number of benzene rings is 2. The highest BCUT2D eigenvalue weighted by molar-refractivity contribution is 5.85. The summed E-state index contributed by atoms with van der Waals surface area (Å²) in [7, 11) is 5.25. The summed E-state index contributed by atoms with van der Waals surface area (Å²) in [6, 6.07) is 11.8. The quantitative estimate of drug-likeness (QED) is 0.403. The van der Waals surface area contributed by atoms with Crippen molar-refractivity contribution < 1.29 is 42.4 Å². The highest BCUT2D eigenvalue weighted by atomic mass is 19.4. The number of hydrogen-bond donors (Lipinski definition) is 3. The summed E-state index contributed by atoms with van der Waals surface area (Å²) in [4.78, 5) is 15.3. The fraction of sp³-hybridized carbons (Fsp3) is 0.519. The number of carbonyl (C=O) groups excluding carboxylic acids is 1. The summed E-state index contributed by atoms with van der Waals surface area (Å²) in [6.45, 7) is 0.650. The van der Waals surface area contributed by atoms with Gasteiger partial charge < -0.3 is 34.6 Å². The summed E-state index contributed by atoms with van der Waals surface area (Å²) in [6.07, 6.45) is -8.59. The van der Waals surface area contributed by atoms with Crippen LogP contribution in [-0.2, 0) is 33.7 Å². The molecule has 1 unspecified atom stereocenters. The van der Waals surface area contributed by atoms with Gasteiger partial charge in [-0.1, -0.05) is 24.3 Å². The van der Waals surface area contributed by atoms with Gasteiger partial charge in [0.15, 0.2) is 5.60 Å². The summed E-state index contributed by atoms with van der Waals surface area (Å²) >= 11 is 0. The number of ether oxygens (including phenoxy) is 3. The molecule has 3 N–H and O–H groups in total. The molecule has 0 bridgehead atoms. The number of alkyl halides is 3. The number of amides is 1. The van der Waals surface area contributed by atoms with Crippen molar-refractivity contribution in [3.8, 4) is 5.75 Å². The molecule has 38 heavy (non-hydrogen) atoms. The normalized spacial score (nSPS) is 23.9. The van der Waals surface area contributed by atoms with E-state index in [0.717, 1.165) is 17.7 Å². The Balaban J connectivity index is 1.80. The lowest BCUT2D eigenvalue weighted by molar-refractivity contribution is -0.200. The average Bonchev–Trinajstić information content (AvgIpc) is 2.88. The third-order valence-corrected chi connectivity index (χ3v) is 6.47. The van der Waals surface area contributed by atoms with E-state index in [1.54, 1.807) is 24.3 Å². The van der Waals surface area contributed by atoms with Gasteiger partial charge in [-0.3, -0.25) is 4.79 Å². The first-order valence-electron chi connectivity index (χ1n) is 12.3. The number of likely N-dealkylation sites (N-methyl/N-ethyl adjacent to an activating group) is 1. The number of aliphatic hydroxyl groups is 2. The van der Waals surface area contributed by atoms with E-state index >= 15 is 0 Å². The first kappa shape index (κ1) is 29.9. The first-order valence-corrected chi connectivity index (χ1v) is 12.3. The molecule has 0 radical (unpaired) electrons. The molecule has 0 heterocycles. The van der Waals surface area contributed by atoms with Crippen LogP contribution in [0.15, 0.2) is 48.5 Å². The highest BCUT2D eigenvalue weighted by Crippen LogP contribution is 2.36. The molecule has 1 aliphatic rings. The average molecular weight is 541 g/mol. The maximum Gasteiger partial charge on any atom is 0.416 e. The second-order valence-electron chi connectivity index (χ2n) is 9.71. The molecule has 0 spiro atoms. The molecule has 1 amide bonds. The number of halogens is 3. The second kappa shape index (κ2) is 12.9. The van der Waals surface area contributed by atoms with Crippen LogP contribution < -0.4 is 10.1 Å². The minimum Gasteiger partial charge on any atom is -0.497 e. The SMILES string of the molecule is COc1cccc(CO[C@]2(C(=O)NCCN(C)C)CC(OCc3cccc(C(F)(F)F)c3)[C@H](O)[C@H](O)C2)c1. The molecule has 2 aromatic carbocycles. The zero-order valence-electron chi connectivity index (χ0n) is 21.7. The van der Waals surface area contributed by atoms with Crippen LogP contribution in [0, 0.1) is 0 Å². The van der Waals surface area contributed by atoms with Gasteiger partial charge in [-0.05, 0) is 49.5 Å². The molecule has 11 heteroatoms. The number of hydrogen-bond acceptors (Lipinski definition) is 7. The fourth-order valence-electron chi connectivity index (χ4n) is 4.34. The van der Waals surface area contributed by atoms with Crippen molar-refractivity contribution in [2.75, 3.05) is 34.3 Å². The van der Waals surface area contributed by atoms with E-state index in [0.29, 0.717) is 18.8 Å². The lowest BCUT2D eigenvalue weighted by Gasteiger charge is -2.44. The molecule has 0 saturated heterocycles. The van der Waals surface area contributed by atoms with Crippen LogP contribution in [0.5, 0.6) is 5.75 Å². The number of nitrogens with zero attached hydrogens (tertiary/aromatic N) is 1. The molecule has 3 rings (SSSR count). The van der Waals surface area contributed by atoms with Gasteiger partial charge >= 0.3 is 6.18 Å². The van der Waals surface area contributed by atoms with Gasteiger partial charge in [-0.25, -0.2) is 0 Å². The zero-order valence-corrected chi connectivity index (χ0v) is 21.7. The van der Waals surface area contributed by atoms with Gasteiger partial charge in [-0.2, -0.15) is 13.2 Å². The summed E-state index contributed by atoms with van der Waals surface area (Å²) in [5, 5.41) is 24.2. The van der Waals surface area contributed by atoms with E-state index in [-0.39, 0.29) is 31.6 Å². The molecular formula is C27H35F3N2O6. The smallest absolute Gasteiger partial charge is 0.416 e. The fourth-order valence-corrected chi connectivity index (χ4v) is 4.34. The summed E-state index contributed by atoms with van der Waals surface area (Å²) in [5.41, 5.74) is -1.40. The topological polar surface area (TPSA) is 100 Å². The third-order valence-electron chi connectivity index (χ3n) is 6.47. The lowest BCUT2D eigenvalue weighted by Crippen LogP contribution is -2.61. The van der Waals surface area contributed by atoms with E-state index in [4.69, 9.17) is 14.2 Å². The van der Waals surface area contributed by atoms with Crippen molar-refractivity contribution in [1.29, 1.82) is 0 Å². The van der Waals surface area contributed by atoms with Gasteiger partial charge in [0.05, 0.1) is 38.1 Å². The predicted octanol–water partition coefficient (Wildman–Crippen LogP) is 2.75. The predicted molar refractivity (Wildman–Crippen MR) is 133 cm³/mol. The van der Waals surface area contributed by atoms with E-state index in [2.05, 4.69) is 5.32 Å². The van der Waals surface area contributed by atoms with Crippen molar-refractivity contribution in [2.24, 2.45) is 0 Å². The van der Waals surface area contributed by atoms with Crippen molar-refractivity contribution in [3.63, 3.8) is 0 Å². The Morgan fingerprint density at radius 2 is 1.76 bits per heavy atom. The Bertz CT molecular complexity index is 1070. The summed E-state index contributed by atoms with van der Waals surface area (Å²) < 4.78 is 56.5.